The van der Waals surface area contributed by atoms with Crippen molar-refractivity contribution in [3.63, 3.8) is 0 Å². The minimum absolute atomic E-state index is 0.0736. The number of nitrogens with zero attached hydrogens (tertiary/aromatic N) is 2. The lowest BCUT2D eigenvalue weighted by Crippen LogP contribution is -2.45. The molecule has 0 aromatic heterocycles. The number of anilines is 1. The van der Waals surface area contributed by atoms with Crippen LogP contribution in [-0.4, -0.2) is 49.5 Å². The highest BCUT2D eigenvalue weighted by molar-refractivity contribution is 5.95. The molecule has 2 aliphatic rings. The number of nitro groups is 1. The predicted molar refractivity (Wildman–Crippen MR) is 91.7 cm³/mol. The van der Waals surface area contributed by atoms with Gasteiger partial charge in [0.25, 0.3) is 11.6 Å². The Morgan fingerprint density at radius 1 is 1.36 bits per heavy atom. The number of piperidine rings is 1. The van der Waals surface area contributed by atoms with E-state index in [1.807, 2.05) is 4.90 Å². The summed E-state index contributed by atoms with van der Waals surface area (Å²) in [5.41, 5.74) is 0.696. The number of rotatable bonds is 5. The molecule has 0 aliphatic carbocycles. The number of ether oxygens (including phenoxy) is 2. The van der Waals surface area contributed by atoms with E-state index in [1.54, 1.807) is 18.2 Å². The average molecular weight is 347 g/mol. The van der Waals surface area contributed by atoms with Gasteiger partial charge in [-0.1, -0.05) is 6.08 Å². The number of nitrogens with one attached hydrogen (secondary N) is 1. The van der Waals surface area contributed by atoms with Gasteiger partial charge in [0, 0.05) is 44.1 Å². The third-order valence-corrected chi connectivity index (χ3v) is 4.52. The predicted octanol–water partition coefficient (Wildman–Crippen LogP) is 1.85. The number of hydrogen-bond acceptors (Lipinski definition) is 6. The number of nitro benzene ring substituents is 1. The summed E-state index contributed by atoms with van der Waals surface area (Å²) in [5, 5.41) is 14.1. The Balaban J connectivity index is 1.78. The minimum atomic E-state index is -0.532. The molecule has 2 aliphatic heterocycles. The van der Waals surface area contributed by atoms with Crippen LogP contribution in [0.1, 0.15) is 23.2 Å². The summed E-state index contributed by atoms with van der Waals surface area (Å²) >= 11 is 0. The molecule has 0 atom stereocenters. The Labute approximate surface area is 145 Å². The summed E-state index contributed by atoms with van der Waals surface area (Å²) in [6, 6.07) is 4.56. The zero-order valence-corrected chi connectivity index (χ0v) is 13.9. The zero-order chi connectivity index (χ0) is 17.9. The summed E-state index contributed by atoms with van der Waals surface area (Å²) in [4.78, 5) is 25.0. The Morgan fingerprint density at radius 3 is 2.64 bits per heavy atom. The molecule has 3 rings (SSSR count). The molecule has 0 saturated carbocycles. The van der Waals surface area contributed by atoms with Gasteiger partial charge in [-0.3, -0.25) is 14.9 Å². The molecule has 1 aromatic rings. The van der Waals surface area contributed by atoms with Crippen LogP contribution in [0.5, 0.6) is 0 Å². The van der Waals surface area contributed by atoms with Crippen LogP contribution in [0.3, 0.4) is 0 Å². The second-order valence-corrected chi connectivity index (χ2v) is 6.05. The van der Waals surface area contributed by atoms with Crippen LogP contribution >= 0.6 is 0 Å². The summed E-state index contributed by atoms with van der Waals surface area (Å²) in [5.74, 6) is -0.893. The number of carbonyl (C=O) groups excluding carboxylic acids is 1. The SMILES string of the molecule is C=CCNC(=O)c1ccc(N2CCC3(CC2)OCCO3)c([N+](=O)[O-])c1. The van der Waals surface area contributed by atoms with Crippen molar-refractivity contribution in [2.45, 2.75) is 18.6 Å². The van der Waals surface area contributed by atoms with E-state index >= 15 is 0 Å². The fourth-order valence-corrected chi connectivity index (χ4v) is 3.22. The van der Waals surface area contributed by atoms with Crippen LogP contribution in [0.25, 0.3) is 0 Å². The number of amides is 1. The van der Waals surface area contributed by atoms with Gasteiger partial charge in [0.05, 0.1) is 18.1 Å². The zero-order valence-electron chi connectivity index (χ0n) is 13.9. The number of benzene rings is 1. The standard InChI is InChI=1S/C17H21N3O5/c1-2-7-18-16(21)13-3-4-14(15(12-13)20(22)23)19-8-5-17(6-9-19)24-10-11-25-17/h2-4,12H,1,5-11H2,(H,18,21). The van der Waals surface area contributed by atoms with Crippen molar-refractivity contribution in [2.75, 3.05) is 37.7 Å². The lowest BCUT2D eigenvalue weighted by molar-refractivity contribution is -0.384. The molecule has 1 N–H and O–H groups in total. The average Bonchev–Trinajstić information content (AvgIpc) is 3.08. The minimum Gasteiger partial charge on any atom is -0.366 e. The highest BCUT2D eigenvalue weighted by Gasteiger charge is 2.40. The molecule has 1 amide bonds. The second-order valence-electron chi connectivity index (χ2n) is 6.05. The van der Waals surface area contributed by atoms with Gasteiger partial charge < -0.3 is 19.7 Å². The first-order valence-corrected chi connectivity index (χ1v) is 8.25. The maximum Gasteiger partial charge on any atom is 0.293 e. The van der Waals surface area contributed by atoms with Crippen LogP contribution in [0.15, 0.2) is 30.9 Å². The Hall–Kier alpha value is -2.45. The summed E-state index contributed by atoms with van der Waals surface area (Å²) in [6.07, 6.45) is 2.87. The summed E-state index contributed by atoms with van der Waals surface area (Å²) in [6.45, 7) is 6.22. The molecular formula is C17H21N3O5. The van der Waals surface area contributed by atoms with Gasteiger partial charge in [-0.25, -0.2) is 0 Å². The largest absolute Gasteiger partial charge is 0.366 e. The molecule has 8 nitrogen and oxygen atoms in total. The van der Waals surface area contributed by atoms with Gasteiger partial charge in [-0.15, -0.1) is 6.58 Å². The Morgan fingerprint density at radius 2 is 2.04 bits per heavy atom. The fourth-order valence-electron chi connectivity index (χ4n) is 3.22. The molecule has 2 heterocycles. The van der Waals surface area contributed by atoms with Crippen LogP contribution in [-0.2, 0) is 9.47 Å². The van der Waals surface area contributed by atoms with E-state index in [4.69, 9.17) is 9.47 Å². The smallest absolute Gasteiger partial charge is 0.293 e. The Kier molecular flexibility index (Phi) is 5.00. The fraction of sp³-hybridized carbons (Fsp3) is 0.471. The van der Waals surface area contributed by atoms with E-state index in [1.165, 1.54) is 6.07 Å². The quantitative estimate of drug-likeness (QED) is 0.496. The Bertz CT molecular complexity index is 675. The molecule has 25 heavy (non-hydrogen) atoms. The molecule has 0 bridgehead atoms. The molecular weight excluding hydrogens is 326 g/mol. The number of hydrogen-bond donors (Lipinski definition) is 1. The van der Waals surface area contributed by atoms with Crippen molar-refractivity contribution in [3.05, 3.63) is 46.5 Å². The van der Waals surface area contributed by atoms with Crippen LogP contribution in [0.2, 0.25) is 0 Å². The van der Waals surface area contributed by atoms with Crippen LogP contribution < -0.4 is 10.2 Å². The van der Waals surface area contributed by atoms with E-state index in [9.17, 15) is 14.9 Å². The van der Waals surface area contributed by atoms with Crippen LogP contribution in [0, 0.1) is 10.1 Å². The van der Waals surface area contributed by atoms with Gasteiger partial charge in [0.15, 0.2) is 5.79 Å². The third kappa shape index (κ3) is 3.64. The second kappa shape index (κ2) is 7.20. The molecule has 2 fully saturated rings. The molecule has 0 unspecified atom stereocenters. The van der Waals surface area contributed by atoms with E-state index in [2.05, 4.69) is 11.9 Å². The van der Waals surface area contributed by atoms with Gasteiger partial charge in [0.1, 0.15) is 5.69 Å². The molecule has 1 aromatic carbocycles. The van der Waals surface area contributed by atoms with Crippen molar-refractivity contribution < 1.29 is 19.2 Å². The summed E-state index contributed by atoms with van der Waals surface area (Å²) < 4.78 is 11.4. The normalized spacial score (nSPS) is 19.0. The lowest BCUT2D eigenvalue weighted by atomic mass is 10.0. The maximum absolute atomic E-state index is 12.0. The van der Waals surface area contributed by atoms with Crippen molar-refractivity contribution in [3.8, 4) is 0 Å². The van der Waals surface area contributed by atoms with Crippen molar-refractivity contribution in [1.29, 1.82) is 0 Å². The molecule has 134 valence electrons. The number of carbonyl (C=O) groups is 1. The summed E-state index contributed by atoms with van der Waals surface area (Å²) in [7, 11) is 0. The van der Waals surface area contributed by atoms with Gasteiger partial charge in [0.2, 0.25) is 0 Å². The highest BCUT2D eigenvalue weighted by atomic mass is 16.7. The van der Waals surface area contributed by atoms with Crippen molar-refractivity contribution in [2.24, 2.45) is 0 Å². The van der Waals surface area contributed by atoms with Crippen LogP contribution in [0.4, 0.5) is 11.4 Å². The van der Waals surface area contributed by atoms with E-state index in [-0.39, 0.29) is 17.2 Å². The highest BCUT2D eigenvalue weighted by Crippen LogP contribution is 2.36. The molecule has 1 spiro atoms. The molecule has 0 radical (unpaired) electrons. The van der Waals surface area contributed by atoms with E-state index in [0.717, 1.165) is 0 Å². The molecule has 8 heteroatoms. The maximum atomic E-state index is 12.0. The van der Waals surface area contributed by atoms with E-state index in [0.29, 0.717) is 51.4 Å². The van der Waals surface area contributed by atoms with Crippen molar-refractivity contribution in [1.82, 2.24) is 5.32 Å². The van der Waals surface area contributed by atoms with Crippen molar-refractivity contribution >= 4 is 17.3 Å². The first-order chi connectivity index (χ1) is 12.0. The lowest BCUT2D eigenvalue weighted by Gasteiger charge is -2.38. The third-order valence-electron chi connectivity index (χ3n) is 4.52. The van der Waals surface area contributed by atoms with Gasteiger partial charge >= 0.3 is 0 Å². The van der Waals surface area contributed by atoms with E-state index < -0.39 is 10.7 Å². The topological polar surface area (TPSA) is 93.9 Å². The van der Waals surface area contributed by atoms with Gasteiger partial charge in [-0.05, 0) is 12.1 Å². The first-order valence-electron chi connectivity index (χ1n) is 8.25. The monoisotopic (exact) mass is 347 g/mol. The van der Waals surface area contributed by atoms with Gasteiger partial charge in [-0.2, -0.15) is 0 Å². The molecule has 2 saturated heterocycles. The first kappa shape index (κ1) is 17.4.